The SMILES string of the molecule is CN(C)CC#CCN=C/C(=C\N)c1cc(C(F)(F)F)cc(C(F)(F)F)c1OC(=O)N(C)c1ccc(F)cc1. The number of benzene rings is 2. The van der Waals surface area contributed by atoms with E-state index in [1.54, 1.807) is 19.0 Å². The molecule has 6 nitrogen and oxygen atoms in total. The number of ether oxygens (including phenoxy) is 1. The minimum atomic E-state index is -5.35. The number of hydrogen-bond acceptors (Lipinski definition) is 5. The third-order valence-corrected chi connectivity index (χ3v) is 4.81. The Hall–Kier alpha value is -4.05. The second kappa shape index (κ2) is 12.5. The van der Waals surface area contributed by atoms with Crippen LogP contribution in [-0.4, -0.2) is 51.4 Å². The molecule has 0 atom stereocenters. The van der Waals surface area contributed by atoms with Gasteiger partial charge in [0.1, 0.15) is 5.82 Å². The first-order chi connectivity index (χ1) is 17.6. The van der Waals surface area contributed by atoms with Crippen molar-refractivity contribution >= 4 is 23.6 Å². The molecule has 0 fully saturated rings. The highest BCUT2D eigenvalue weighted by Crippen LogP contribution is 2.44. The van der Waals surface area contributed by atoms with Crippen LogP contribution in [0.5, 0.6) is 5.75 Å². The number of allylic oxidation sites excluding steroid dienone is 1. The van der Waals surface area contributed by atoms with Crippen molar-refractivity contribution in [3.63, 3.8) is 0 Å². The van der Waals surface area contributed by atoms with E-state index in [-0.39, 0.29) is 23.9 Å². The molecule has 0 spiro atoms. The third kappa shape index (κ3) is 8.24. The molecular weight excluding hydrogens is 521 g/mol. The second-order valence-corrected chi connectivity index (χ2v) is 7.98. The summed E-state index contributed by atoms with van der Waals surface area (Å²) in [5.74, 6) is 3.57. The molecule has 0 radical (unpaired) electrons. The maximum absolute atomic E-state index is 13.9. The van der Waals surface area contributed by atoms with E-state index in [0.29, 0.717) is 12.6 Å². The summed E-state index contributed by atoms with van der Waals surface area (Å²) < 4.78 is 101. The topological polar surface area (TPSA) is 71.2 Å². The molecule has 0 bridgehead atoms. The minimum Gasteiger partial charge on any atom is -0.409 e. The number of nitrogens with zero attached hydrogens (tertiary/aromatic N) is 3. The molecule has 0 aliphatic carbocycles. The van der Waals surface area contributed by atoms with Crippen LogP contribution < -0.4 is 15.4 Å². The van der Waals surface area contributed by atoms with Gasteiger partial charge in [0.15, 0.2) is 5.75 Å². The van der Waals surface area contributed by atoms with Gasteiger partial charge in [0, 0.05) is 36.3 Å². The van der Waals surface area contributed by atoms with Crippen LogP contribution >= 0.6 is 0 Å². The van der Waals surface area contributed by atoms with Gasteiger partial charge in [-0.3, -0.25) is 14.8 Å². The highest BCUT2D eigenvalue weighted by molar-refractivity contribution is 6.11. The van der Waals surface area contributed by atoms with E-state index < -0.39 is 46.7 Å². The van der Waals surface area contributed by atoms with Crippen LogP contribution in [-0.2, 0) is 12.4 Å². The van der Waals surface area contributed by atoms with E-state index in [0.717, 1.165) is 48.6 Å². The van der Waals surface area contributed by atoms with Crippen LogP contribution in [0.2, 0.25) is 0 Å². The van der Waals surface area contributed by atoms with Gasteiger partial charge in [-0.25, -0.2) is 9.18 Å². The number of alkyl halides is 6. The van der Waals surface area contributed by atoms with E-state index in [4.69, 9.17) is 10.5 Å². The molecule has 2 aromatic carbocycles. The smallest absolute Gasteiger partial charge is 0.409 e. The molecule has 204 valence electrons. The van der Waals surface area contributed by atoms with Crippen molar-refractivity contribution in [1.82, 2.24) is 4.90 Å². The molecule has 0 aliphatic heterocycles. The molecule has 0 heterocycles. The molecule has 2 aromatic rings. The van der Waals surface area contributed by atoms with Gasteiger partial charge in [-0.15, -0.1) is 0 Å². The molecule has 1 amide bonds. The predicted molar refractivity (Wildman–Crippen MR) is 129 cm³/mol. The number of halogens is 7. The molecule has 0 aliphatic rings. The Morgan fingerprint density at radius 2 is 1.66 bits per heavy atom. The van der Waals surface area contributed by atoms with E-state index in [1.807, 2.05) is 0 Å². The Morgan fingerprint density at radius 1 is 1.03 bits per heavy atom. The maximum atomic E-state index is 13.9. The molecule has 0 saturated carbocycles. The summed E-state index contributed by atoms with van der Waals surface area (Å²) in [4.78, 5) is 19.1. The van der Waals surface area contributed by atoms with Crippen LogP contribution in [0.25, 0.3) is 5.57 Å². The van der Waals surface area contributed by atoms with Crippen molar-refractivity contribution in [3.8, 4) is 17.6 Å². The Morgan fingerprint density at radius 3 is 2.18 bits per heavy atom. The van der Waals surface area contributed by atoms with E-state index in [1.165, 1.54) is 0 Å². The van der Waals surface area contributed by atoms with E-state index in [9.17, 15) is 35.5 Å². The zero-order chi connectivity index (χ0) is 28.7. The number of carbonyl (C=O) groups is 1. The number of rotatable bonds is 6. The highest BCUT2D eigenvalue weighted by atomic mass is 19.4. The van der Waals surface area contributed by atoms with Gasteiger partial charge in [-0.05, 0) is 50.5 Å². The van der Waals surface area contributed by atoms with Gasteiger partial charge in [0.2, 0.25) is 0 Å². The average Bonchev–Trinajstić information content (AvgIpc) is 2.82. The fourth-order valence-corrected chi connectivity index (χ4v) is 2.92. The maximum Gasteiger partial charge on any atom is 0.420 e. The molecule has 0 saturated heterocycles. The summed E-state index contributed by atoms with van der Waals surface area (Å²) in [6, 6.07) is 4.52. The molecule has 2 N–H and O–H groups in total. The number of nitrogens with two attached hydrogens (primary N) is 1. The van der Waals surface area contributed by atoms with Crippen LogP contribution in [0.1, 0.15) is 16.7 Å². The zero-order valence-electron chi connectivity index (χ0n) is 20.4. The Kier molecular flexibility index (Phi) is 9.90. The summed E-state index contributed by atoms with van der Waals surface area (Å²) in [6.07, 6.45) is -10.2. The minimum absolute atomic E-state index is 0.0471. The van der Waals surface area contributed by atoms with Crippen LogP contribution in [0.4, 0.5) is 41.2 Å². The summed E-state index contributed by atoms with van der Waals surface area (Å²) in [5, 5.41) is 0. The van der Waals surface area contributed by atoms with Crippen molar-refractivity contribution in [2.45, 2.75) is 12.4 Å². The predicted octanol–water partition coefficient (Wildman–Crippen LogP) is 5.43. The van der Waals surface area contributed by atoms with Gasteiger partial charge in [-0.2, -0.15) is 26.3 Å². The zero-order valence-corrected chi connectivity index (χ0v) is 20.4. The lowest BCUT2D eigenvalue weighted by Crippen LogP contribution is -2.30. The number of hydrogen-bond donors (Lipinski definition) is 1. The van der Waals surface area contributed by atoms with Crippen LogP contribution in [0, 0.1) is 17.7 Å². The number of amides is 1. The highest BCUT2D eigenvalue weighted by Gasteiger charge is 2.41. The van der Waals surface area contributed by atoms with E-state index >= 15 is 0 Å². The first-order valence-electron chi connectivity index (χ1n) is 10.7. The molecule has 0 aromatic heterocycles. The lowest BCUT2D eigenvalue weighted by atomic mass is 9.98. The quantitative estimate of drug-likeness (QED) is 0.299. The van der Waals surface area contributed by atoms with Gasteiger partial charge in [0.25, 0.3) is 0 Å². The fraction of sp³-hybridized carbons (Fsp3) is 0.280. The summed E-state index contributed by atoms with van der Waals surface area (Å²) in [5.41, 5.74) is 0.900. The first kappa shape index (κ1) is 30.2. The Bertz CT molecular complexity index is 1260. The number of carbonyl (C=O) groups excluding carboxylic acids is 1. The molecular formula is C25H23F7N4O2. The molecule has 13 heteroatoms. The molecule has 2 rings (SSSR count). The van der Waals surface area contributed by atoms with Crippen LogP contribution in [0.3, 0.4) is 0 Å². The van der Waals surface area contributed by atoms with Crippen molar-refractivity contribution in [2.75, 3.05) is 39.1 Å². The van der Waals surface area contributed by atoms with Gasteiger partial charge in [0.05, 0.1) is 24.2 Å². The lowest BCUT2D eigenvalue weighted by molar-refractivity contribution is -0.143. The van der Waals surface area contributed by atoms with Gasteiger partial charge >= 0.3 is 18.4 Å². The monoisotopic (exact) mass is 544 g/mol. The van der Waals surface area contributed by atoms with E-state index in [2.05, 4.69) is 16.8 Å². The Balaban J connectivity index is 2.61. The van der Waals surface area contributed by atoms with Crippen molar-refractivity contribution in [1.29, 1.82) is 0 Å². The average molecular weight is 544 g/mol. The summed E-state index contributed by atoms with van der Waals surface area (Å²) >= 11 is 0. The summed E-state index contributed by atoms with van der Waals surface area (Å²) in [6.45, 7) is 0.276. The first-order valence-corrected chi connectivity index (χ1v) is 10.7. The largest absolute Gasteiger partial charge is 0.420 e. The number of anilines is 1. The van der Waals surface area contributed by atoms with Crippen molar-refractivity contribution in [3.05, 3.63) is 65.1 Å². The normalized spacial score (nSPS) is 12.4. The van der Waals surface area contributed by atoms with Crippen molar-refractivity contribution < 1.29 is 40.3 Å². The fourth-order valence-electron chi connectivity index (χ4n) is 2.92. The summed E-state index contributed by atoms with van der Waals surface area (Å²) in [7, 11) is 4.67. The third-order valence-electron chi connectivity index (χ3n) is 4.81. The second-order valence-electron chi connectivity index (χ2n) is 7.98. The van der Waals surface area contributed by atoms with Gasteiger partial charge in [-0.1, -0.05) is 11.8 Å². The van der Waals surface area contributed by atoms with Crippen molar-refractivity contribution in [2.24, 2.45) is 10.7 Å². The standard InChI is InChI=1S/C25H23F7N4O2/c1-35(2)11-5-4-10-34-15-16(14-33)20-12-17(24(27,28)29)13-21(25(30,31)32)22(20)38-23(37)36(3)19-8-6-18(26)7-9-19/h6-9,12-15H,10-11,33H2,1-3H3/b16-14+,34-15?. The molecule has 38 heavy (non-hydrogen) atoms. The van der Waals surface area contributed by atoms with Gasteiger partial charge < -0.3 is 10.5 Å². The number of aliphatic imine (C=N–C) groups is 1. The van der Waals surface area contributed by atoms with Crippen LogP contribution in [0.15, 0.2) is 47.6 Å². The lowest BCUT2D eigenvalue weighted by Gasteiger charge is -2.22. The molecule has 0 unspecified atom stereocenters. The Labute approximate surface area is 214 Å².